The summed E-state index contributed by atoms with van der Waals surface area (Å²) in [5.41, 5.74) is 1.83. The van der Waals surface area contributed by atoms with Gasteiger partial charge in [0, 0.05) is 11.3 Å². The van der Waals surface area contributed by atoms with Gasteiger partial charge in [0.25, 0.3) is 0 Å². The lowest BCUT2D eigenvalue weighted by atomic mass is 10.1. The van der Waals surface area contributed by atoms with Crippen LogP contribution in [0.2, 0.25) is 0 Å². The van der Waals surface area contributed by atoms with Crippen molar-refractivity contribution in [2.45, 2.75) is 12.8 Å². The molecule has 2 rings (SSSR count). The lowest BCUT2D eigenvalue weighted by Crippen LogP contribution is -1.85. The molecule has 0 saturated heterocycles. The molecule has 0 amide bonds. The summed E-state index contributed by atoms with van der Waals surface area (Å²) >= 11 is 5.78. The van der Waals surface area contributed by atoms with Gasteiger partial charge in [-0.3, -0.25) is 0 Å². The van der Waals surface area contributed by atoms with Gasteiger partial charge in [0.05, 0.1) is 7.11 Å². The average molecular weight is 211 g/mol. The first kappa shape index (κ1) is 9.41. The Hall–Kier alpha value is -1.15. The Bertz CT molecular complexity index is 460. The van der Waals surface area contributed by atoms with Gasteiger partial charge in [-0.1, -0.05) is 0 Å². The smallest absolute Gasteiger partial charge is 0.176 e. The molecule has 0 bridgehead atoms. The number of rotatable bonds is 2. The van der Waals surface area contributed by atoms with E-state index in [2.05, 4.69) is 0 Å². The van der Waals surface area contributed by atoms with E-state index in [0.29, 0.717) is 5.88 Å². The summed E-state index contributed by atoms with van der Waals surface area (Å²) in [7, 11) is 1.63. The van der Waals surface area contributed by atoms with Crippen LogP contribution in [0.15, 0.2) is 22.6 Å². The zero-order chi connectivity index (χ0) is 10.1. The number of benzene rings is 1. The number of hydrogen-bond acceptors (Lipinski definition) is 2. The van der Waals surface area contributed by atoms with Crippen molar-refractivity contribution < 1.29 is 9.15 Å². The van der Waals surface area contributed by atoms with Crippen molar-refractivity contribution in [2.24, 2.45) is 0 Å². The minimum atomic E-state index is 0.483. The maximum absolute atomic E-state index is 5.78. The molecule has 1 aromatic heterocycles. The zero-order valence-electron chi connectivity index (χ0n) is 8.13. The van der Waals surface area contributed by atoms with Crippen LogP contribution in [-0.2, 0) is 5.88 Å². The number of alkyl halides is 1. The summed E-state index contributed by atoms with van der Waals surface area (Å²) in [6.07, 6.45) is 0. The maximum atomic E-state index is 5.78. The average Bonchev–Trinajstić information content (AvgIpc) is 2.56. The number of ether oxygens (including phenoxy) is 1. The van der Waals surface area contributed by atoms with Crippen molar-refractivity contribution in [1.82, 2.24) is 0 Å². The predicted molar refractivity (Wildman–Crippen MR) is 57.1 cm³/mol. The third-order valence-electron chi connectivity index (χ3n) is 2.14. The lowest BCUT2D eigenvalue weighted by molar-refractivity contribution is 0.408. The fourth-order valence-electron chi connectivity index (χ4n) is 1.54. The fraction of sp³-hybridized carbons (Fsp3) is 0.273. The fourth-order valence-corrected chi connectivity index (χ4v) is 1.69. The van der Waals surface area contributed by atoms with Crippen LogP contribution in [0, 0.1) is 6.92 Å². The SMILES string of the molecule is COc1cc(CCl)cc2cc(C)oc12. The largest absolute Gasteiger partial charge is 0.493 e. The highest BCUT2D eigenvalue weighted by Gasteiger charge is 2.08. The van der Waals surface area contributed by atoms with Crippen molar-refractivity contribution in [2.75, 3.05) is 7.11 Å². The minimum absolute atomic E-state index is 0.483. The van der Waals surface area contributed by atoms with Crippen LogP contribution in [0.3, 0.4) is 0 Å². The molecule has 0 aliphatic carbocycles. The topological polar surface area (TPSA) is 22.4 Å². The molecule has 0 N–H and O–H groups in total. The summed E-state index contributed by atoms with van der Waals surface area (Å²) < 4.78 is 10.8. The van der Waals surface area contributed by atoms with Crippen LogP contribution in [0.25, 0.3) is 11.0 Å². The summed E-state index contributed by atoms with van der Waals surface area (Å²) in [4.78, 5) is 0. The van der Waals surface area contributed by atoms with Gasteiger partial charge in [-0.05, 0) is 30.7 Å². The Morgan fingerprint density at radius 1 is 1.36 bits per heavy atom. The minimum Gasteiger partial charge on any atom is -0.493 e. The number of furan rings is 1. The Labute approximate surface area is 87.4 Å². The first-order chi connectivity index (χ1) is 6.74. The van der Waals surface area contributed by atoms with Crippen molar-refractivity contribution in [1.29, 1.82) is 0 Å². The van der Waals surface area contributed by atoms with E-state index in [9.17, 15) is 0 Å². The molecule has 0 aliphatic rings. The Morgan fingerprint density at radius 2 is 2.14 bits per heavy atom. The molecule has 3 heteroatoms. The lowest BCUT2D eigenvalue weighted by Gasteiger charge is -2.02. The quantitative estimate of drug-likeness (QED) is 0.708. The summed E-state index contributed by atoms with van der Waals surface area (Å²) in [6, 6.07) is 5.90. The van der Waals surface area contributed by atoms with Gasteiger partial charge in [-0.2, -0.15) is 0 Å². The van der Waals surface area contributed by atoms with Gasteiger partial charge < -0.3 is 9.15 Å². The number of methoxy groups -OCH3 is 1. The molecule has 0 fully saturated rings. The monoisotopic (exact) mass is 210 g/mol. The number of fused-ring (bicyclic) bond motifs is 1. The second kappa shape index (κ2) is 3.54. The van der Waals surface area contributed by atoms with Gasteiger partial charge in [0.15, 0.2) is 11.3 Å². The highest BCUT2D eigenvalue weighted by Crippen LogP contribution is 2.30. The van der Waals surface area contributed by atoms with Crippen LogP contribution in [0.1, 0.15) is 11.3 Å². The van der Waals surface area contributed by atoms with E-state index < -0.39 is 0 Å². The third-order valence-corrected chi connectivity index (χ3v) is 2.45. The molecule has 0 spiro atoms. The van der Waals surface area contributed by atoms with Gasteiger partial charge in [-0.15, -0.1) is 11.6 Å². The molecule has 0 aliphatic heterocycles. The Balaban J connectivity index is 2.72. The molecule has 0 unspecified atom stereocenters. The van der Waals surface area contributed by atoms with Gasteiger partial charge in [0.1, 0.15) is 5.76 Å². The van der Waals surface area contributed by atoms with E-state index in [1.54, 1.807) is 7.11 Å². The third kappa shape index (κ3) is 1.46. The van der Waals surface area contributed by atoms with Crippen LogP contribution >= 0.6 is 11.6 Å². The second-order valence-corrected chi connectivity index (χ2v) is 3.47. The van der Waals surface area contributed by atoms with Gasteiger partial charge in [0.2, 0.25) is 0 Å². The number of halogens is 1. The Kier molecular flexibility index (Phi) is 2.38. The molecule has 2 aromatic rings. The van der Waals surface area contributed by atoms with Crippen molar-refractivity contribution in [3.63, 3.8) is 0 Å². The van der Waals surface area contributed by atoms with E-state index in [1.165, 1.54) is 0 Å². The van der Waals surface area contributed by atoms with E-state index in [1.807, 2.05) is 25.1 Å². The second-order valence-electron chi connectivity index (χ2n) is 3.21. The molecule has 0 radical (unpaired) electrons. The normalized spacial score (nSPS) is 10.8. The van der Waals surface area contributed by atoms with Crippen LogP contribution in [0.4, 0.5) is 0 Å². The van der Waals surface area contributed by atoms with Gasteiger partial charge in [-0.25, -0.2) is 0 Å². The molecular formula is C11H11ClO2. The highest BCUT2D eigenvalue weighted by atomic mass is 35.5. The molecule has 74 valence electrons. The number of hydrogen-bond donors (Lipinski definition) is 0. The van der Waals surface area contributed by atoms with Crippen molar-refractivity contribution in [3.8, 4) is 5.75 Å². The summed E-state index contributed by atoms with van der Waals surface area (Å²) in [5.74, 6) is 2.10. The molecule has 1 heterocycles. The first-order valence-electron chi connectivity index (χ1n) is 4.37. The van der Waals surface area contributed by atoms with E-state index in [0.717, 1.165) is 28.0 Å². The van der Waals surface area contributed by atoms with Gasteiger partial charge >= 0.3 is 0 Å². The predicted octanol–water partition coefficient (Wildman–Crippen LogP) is 3.49. The van der Waals surface area contributed by atoms with Crippen LogP contribution < -0.4 is 4.74 Å². The Morgan fingerprint density at radius 3 is 2.79 bits per heavy atom. The first-order valence-corrected chi connectivity index (χ1v) is 4.91. The van der Waals surface area contributed by atoms with Crippen LogP contribution in [0.5, 0.6) is 5.75 Å². The highest BCUT2D eigenvalue weighted by molar-refractivity contribution is 6.17. The zero-order valence-corrected chi connectivity index (χ0v) is 8.89. The molecule has 14 heavy (non-hydrogen) atoms. The molecule has 0 saturated carbocycles. The molecule has 0 atom stereocenters. The number of aryl methyl sites for hydroxylation is 1. The summed E-state index contributed by atoms with van der Waals surface area (Å²) in [6.45, 7) is 1.92. The molecular weight excluding hydrogens is 200 g/mol. The molecule has 1 aromatic carbocycles. The standard InChI is InChI=1S/C11H11ClO2/c1-7-3-9-4-8(6-12)5-10(13-2)11(9)14-7/h3-5H,6H2,1-2H3. The van der Waals surface area contributed by atoms with E-state index in [-0.39, 0.29) is 0 Å². The maximum Gasteiger partial charge on any atom is 0.176 e. The van der Waals surface area contributed by atoms with Crippen molar-refractivity contribution in [3.05, 3.63) is 29.5 Å². The van der Waals surface area contributed by atoms with Crippen molar-refractivity contribution >= 4 is 22.6 Å². The molecule has 2 nitrogen and oxygen atoms in total. The summed E-state index contributed by atoms with van der Waals surface area (Å²) in [5, 5.41) is 1.04. The van der Waals surface area contributed by atoms with Crippen LogP contribution in [-0.4, -0.2) is 7.11 Å². The van der Waals surface area contributed by atoms with E-state index in [4.69, 9.17) is 20.8 Å². The van der Waals surface area contributed by atoms with E-state index >= 15 is 0 Å².